The van der Waals surface area contributed by atoms with Crippen LogP contribution in [0, 0.1) is 5.92 Å². The second-order valence-electron chi connectivity index (χ2n) is 4.75. The number of carbonyl (C=O) groups is 1. The van der Waals surface area contributed by atoms with Gasteiger partial charge in [-0.05, 0) is 18.0 Å². The molecular formula is C15H23NO2. The molecule has 2 unspecified atom stereocenters. The number of carboxylic acids is 1. The zero-order valence-electron chi connectivity index (χ0n) is 11.5. The van der Waals surface area contributed by atoms with Gasteiger partial charge in [-0.25, -0.2) is 0 Å². The van der Waals surface area contributed by atoms with Gasteiger partial charge in [0.05, 0.1) is 0 Å². The minimum Gasteiger partial charge on any atom is -0.480 e. The van der Waals surface area contributed by atoms with E-state index in [-0.39, 0.29) is 0 Å². The average molecular weight is 249 g/mol. The zero-order valence-corrected chi connectivity index (χ0v) is 11.5. The summed E-state index contributed by atoms with van der Waals surface area (Å²) in [5.41, 5.74) is 0.857. The molecule has 0 aliphatic rings. The molecule has 0 aliphatic heterocycles. The fourth-order valence-corrected chi connectivity index (χ4v) is 2.09. The summed E-state index contributed by atoms with van der Waals surface area (Å²) in [6.45, 7) is 7.87. The molecule has 0 amide bonds. The monoisotopic (exact) mass is 249 g/mol. The zero-order chi connectivity index (χ0) is 13.5. The third-order valence-electron chi connectivity index (χ3n) is 3.36. The molecule has 0 bridgehead atoms. The molecule has 3 heteroatoms. The molecule has 0 saturated heterocycles. The van der Waals surface area contributed by atoms with Crippen LogP contribution < -0.4 is 0 Å². The van der Waals surface area contributed by atoms with Crippen LogP contribution >= 0.6 is 0 Å². The Balaban J connectivity index is 2.92. The van der Waals surface area contributed by atoms with Crippen molar-refractivity contribution in [3.63, 3.8) is 0 Å². The van der Waals surface area contributed by atoms with Crippen LogP contribution in [0.4, 0.5) is 0 Å². The van der Waals surface area contributed by atoms with Gasteiger partial charge in [0.1, 0.15) is 6.04 Å². The molecule has 1 rings (SSSR count). The van der Waals surface area contributed by atoms with Gasteiger partial charge in [-0.2, -0.15) is 0 Å². The summed E-state index contributed by atoms with van der Waals surface area (Å²) in [5, 5.41) is 9.47. The predicted molar refractivity (Wildman–Crippen MR) is 73.5 cm³/mol. The smallest absolute Gasteiger partial charge is 0.325 e. The summed E-state index contributed by atoms with van der Waals surface area (Å²) in [6, 6.07) is 8.93. The molecule has 18 heavy (non-hydrogen) atoms. The van der Waals surface area contributed by atoms with Crippen molar-refractivity contribution in [2.24, 2.45) is 5.92 Å². The number of aliphatic carboxylic acids is 1. The van der Waals surface area contributed by atoms with Gasteiger partial charge >= 0.3 is 5.97 Å². The summed E-state index contributed by atoms with van der Waals surface area (Å²) >= 11 is 0. The van der Waals surface area contributed by atoms with Gasteiger partial charge in [0, 0.05) is 6.54 Å². The Morgan fingerprint density at radius 2 is 1.89 bits per heavy atom. The molecular weight excluding hydrogens is 226 g/mol. The van der Waals surface area contributed by atoms with Crippen LogP contribution in [-0.4, -0.2) is 29.1 Å². The van der Waals surface area contributed by atoms with E-state index in [1.165, 1.54) is 0 Å². The van der Waals surface area contributed by atoms with E-state index in [0.29, 0.717) is 5.92 Å². The molecule has 0 saturated carbocycles. The Bertz CT molecular complexity index is 364. The van der Waals surface area contributed by atoms with Crippen molar-refractivity contribution < 1.29 is 9.90 Å². The van der Waals surface area contributed by atoms with Crippen molar-refractivity contribution in [3.8, 4) is 0 Å². The minimum absolute atomic E-state index is 0.510. The lowest BCUT2D eigenvalue weighted by molar-refractivity contribution is -0.143. The lowest BCUT2D eigenvalue weighted by Gasteiger charge is -2.30. The lowest BCUT2D eigenvalue weighted by Crippen LogP contribution is -2.36. The molecule has 100 valence electrons. The van der Waals surface area contributed by atoms with Crippen LogP contribution in [0.1, 0.15) is 38.8 Å². The van der Waals surface area contributed by atoms with E-state index in [1.807, 2.05) is 42.2 Å². The summed E-state index contributed by atoms with van der Waals surface area (Å²) in [4.78, 5) is 13.6. The van der Waals surface area contributed by atoms with Crippen molar-refractivity contribution in [2.75, 3.05) is 13.1 Å². The first kappa shape index (κ1) is 14.7. The molecule has 0 aliphatic carbocycles. The van der Waals surface area contributed by atoms with Crippen molar-refractivity contribution >= 4 is 5.97 Å². The van der Waals surface area contributed by atoms with Crippen molar-refractivity contribution in [1.82, 2.24) is 4.90 Å². The molecule has 2 atom stereocenters. The van der Waals surface area contributed by atoms with Crippen molar-refractivity contribution in [1.29, 1.82) is 0 Å². The highest BCUT2D eigenvalue weighted by molar-refractivity contribution is 5.75. The Morgan fingerprint density at radius 1 is 1.28 bits per heavy atom. The van der Waals surface area contributed by atoms with Gasteiger partial charge < -0.3 is 5.11 Å². The van der Waals surface area contributed by atoms with Crippen LogP contribution in [0.5, 0.6) is 0 Å². The van der Waals surface area contributed by atoms with Gasteiger partial charge in [-0.3, -0.25) is 9.69 Å². The quantitative estimate of drug-likeness (QED) is 0.807. The van der Waals surface area contributed by atoms with E-state index in [1.54, 1.807) is 0 Å². The summed E-state index contributed by atoms with van der Waals surface area (Å²) in [6.07, 6.45) is 1.07. The Kier molecular flexibility index (Phi) is 5.86. The third kappa shape index (κ3) is 3.84. The molecule has 3 nitrogen and oxygen atoms in total. The van der Waals surface area contributed by atoms with Crippen LogP contribution in [0.25, 0.3) is 0 Å². The van der Waals surface area contributed by atoms with Crippen LogP contribution in [-0.2, 0) is 4.79 Å². The summed E-state index contributed by atoms with van der Waals surface area (Å²) < 4.78 is 0. The fraction of sp³-hybridized carbons (Fsp3) is 0.533. The van der Waals surface area contributed by atoms with Crippen LogP contribution in [0.15, 0.2) is 30.3 Å². The molecule has 0 fully saturated rings. The highest BCUT2D eigenvalue weighted by Crippen LogP contribution is 2.22. The van der Waals surface area contributed by atoms with Gasteiger partial charge in [0.25, 0.3) is 0 Å². The fourth-order valence-electron chi connectivity index (χ4n) is 2.09. The average Bonchev–Trinajstić information content (AvgIpc) is 2.38. The summed E-state index contributed by atoms with van der Waals surface area (Å²) in [5.74, 6) is -0.262. The van der Waals surface area contributed by atoms with E-state index < -0.39 is 12.0 Å². The third-order valence-corrected chi connectivity index (χ3v) is 3.36. The van der Waals surface area contributed by atoms with E-state index in [0.717, 1.165) is 25.1 Å². The number of hydrogen-bond acceptors (Lipinski definition) is 2. The van der Waals surface area contributed by atoms with Crippen LogP contribution in [0.3, 0.4) is 0 Å². The first-order valence-electron chi connectivity index (χ1n) is 6.61. The second kappa shape index (κ2) is 7.17. The second-order valence-corrected chi connectivity index (χ2v) is 4.75. The minimum atomic E-state index is -0.772. The van der Waals surface area contributed by atoms with Crippen LogP contribution in [0.2, 0.25) is 0 Å². The van der Waals surface area contributed by atoms with E-state index >= 15 is 0 Å². The van der Waals surface area contributed by atoms with E-state index in [9.17, 15) is 9.90 Å². The molecule has 1 aromatic rings. The maximum absolute atomic E-state index is 11.5. The highest BCUT2D eigenvalue weighted by Gasteiger charge is 2.26. The van der Waals surface area contributed by atoms with E-state index in [2.05, 4.69) is 13.8 Å². The van der Waals surface area contributed by atoms with Gasteiger partial charge in [0.15, 0.2) is 0 Å². The lowest BCUT2D eigenvalue weighted by atomic mass is 10.0. The molecule has 0 spiro atoms. The first-order valence-corrected chi connectivity index (χ1v) is 6.61. The number of rotatable bonds is 7. The molecule has 1 aromatic carbocycles. The largest absolute Gasteiger partial charge is 0.480 e. The maximum atomic E-state index is 11.5. The number of likely N-dealkylation sites (N-methyl/N-ethyl adjacent to an activating group) is 1. The predicted octanol–water partition coefficient (Wildman–Crippen LogP) is 3.18. The highest BCUT2D eigenvalue weighted by atomic mass is 16.4. The standard InChI is InChI=1S/C15H23NO2/c1-4-12(3)11-16(5-2)14(15(17)18)13-9-7-6-8-10-13/h6-10,12,14H,4-5,11H2,1-3H3,(H,17,18). The Morgan fingerprint density at radius 3 is 2.33 bits per heavy atom. The van der Waals surface area contributed by atoms with Gasteiger partial charge in [0.2, 0.25) is 0 Å². The Labute approximate surface area is 109 Å². The topological polar surface area (TPSA) is 40.5 Å². The van der Waals surface area contributed by atoms with E-state index in [4.69, 9.17) is 0 Å². The number of nitrogens with zero attached hydrogens (tertiary/aromatic N) is 1. The molecule has 0 aromatic heterocycles. The number of carboxylic acid groups (broad SMARTS) is 1. The first-order chi connectivity index (χ1) is 8.60. The number of hydrogen-bond donors (Lipinski definition) is 1. The molecule has 1 N–H and O–H groups in total. The molecule has 0 radical (unpaired) electrons. The normalized spacial score (nSPS) is 14.4. The van der Waals surface area contributed by atoms with Crippen molar-refractivity contribution in [2.45, 2.75) is 33.2 Å². The summed E-state index contributed by atoms with van der Waals surface area (Å²) in [7, 11) is 0. The van der Waals surface area contributed by atoms with Gasteiger partial charge in [-0.1, -0.05) is 57.5 Å². The number of benzene rings is 1. The van der Waals surface area contributed by atoms with Crippen molar-refractivity contribution in [3.05, 3.63) is 35.9 Å². The van der Waals surface area contributed by atoms with Gasteiger partial charge in [-0.15, -0.1) is 0 Å². The maximum Gasteiger partial charge on any atom is 0.325 e. The molecule has 0 heterocycles. The Hall–Kier alpha value is -1.35. The SMILES string of the molecule is CCC(C)CN(CC)C(C(=O)O)c1ccccc1.